The molecule has 0 spiro atoms. The van der Waals surface area contributed by atoms with E-state index in [4.69, 9.17) is 5.11 Å². The number of aryl methyl sites for hydroxylation is 1. The number of fused-ring (bicyclic) bond motifs is 1. The molecule has 84 valence electrons. The van der Waals surface area contributed by atoms with Gasteiger partial charge in [0.1, 0.15) is 5.65 Å². The summed E-state index contributed by atoms with van der Waals surface area (Å²) < 4.78 is 1.86. The molecule has 0 fully saturated rings. The van der Waals surface area contributed by atoms with E-state index in [0.29, 0.717) is 5.65 Å². The second kappa shape index (κ2) is 4.35. The lowest BCUT2D eigenvalue weighted by Gasteiger charge is -1.94. The van der Waals surface area contributed by atoms with E-state index in [1.54, 1.807) is 18.3 Å². The molecular weight excluding hydrogens is 204 g/mol. The summed E-state index contributed by atoms with van der Waals surface area (Å²) in [5, 5.41) is 8.86. The molecular formula is C12H14N2O2. The van der Waals surface area contributed by atoms with E-state index in [-0.39, 0.29) is 5.56 Å². The van der Waals surface area contributed by atoms with Crippen LogP contribution in [0.4, 0.5) is 0 Å². The summed E-state index contributed by atoms with van der Waals surface area (Å²) >= 11 is 0. The maximum absolute atomic E-state index is 10.8. The van der Waals surface area contributed by atoms with Gasteiger partial charge < -0.3 is 9.51 Å². The van der Waals surface area contributed by atoms with Crippen molar-refractivity contribution in [3.63, 3.8) is 0 Å². The standard InChI is InChI=1S/C12H14N2O2/c1-2-3-4-10-8-14-6-5-9(12(15)16)7-11(14)13-10/h5-8H,2-4H2,1H3,(H,15,16). The van der Waals surface area contributed by atoms with Gasteiger partial charge in [-0.25, -0.2) is 9.78 Å². The number of nitrogens with zero attached hydrogens (tertiary/aromatic N) is 2. The van der Waals surface area contributed by atoms with Crippen LogP contribution in [-0.4, -0.2) is 20.5 Å². The molecule has 0 aromatic carbocycles. The number of aromatic nitrogens is 2. The Bertz CT molecular complexity index is 517. The number of hydrogen-bond donors (Lipinski definition) is 1. The first-order valence-electron chi connectivity index (χ1n) is 5.41. The second-order valence-corrected chi connectivity index (χ2v) is 3.82. The highest BCUT2D eigenvalue weighted by molar-refractivity contribution is 5.88. The Labute approximate surface area is 93.5 Å². The summed E-state index contributed by atoms with van der Waals surface area (Å²) in [5.41, 5.74) is 2.00. The molecule has 0 aliphatic rings. The van der Waals surface area contributed by atoms with Crippen LogP contribution in [0.2, 0.25) is 0 Å². The van der Waals surface area contributed by atoms with Crippen LogP contribution in [0.25, 0.3) is 5.65 Å². The Kier molecular flexibility index (Phi) is 2.90. The van der Waals surface area contributed by atoms with Crippen LogP contribution in [0.15, 0.2) is 24.5 Å². The molecule has 2 aromatic rings. The number of hydrogen-bond acceptors (Lipinski definition) is 2. The van der Waals surface area contributed by atoms with Crippen molar-refractivity contribution in [2.45, 2.75) is 26.2 Å². The maximum atomic E-state index is 10.8. The van der Waals surface area contributed by atoms with E-state index in [2.05, 4.69) is 11.9 Å². The Morgan fingerprint density at radius 2 is 2.38 bits per heavy atom. The molecule has 0 bridgehead atoms. The lowest BCUT2D eigenvalue weighted by molar-refractivity contribution is 0.0697. The van der Waals surface area contributed by atoms with Crippen LogP contribution in [0.5, 0.6) is 0 Å². The third-order valence-electron chi connectivity index (χ3n) is 2.54. The van der Waals surface area contributed by atoms with Crippen LogP contribution in [0, 0.1) is 0 Å². The Morgan fingerprint density at radius 3 is 3.06 bits per heavy atom. The number of aromatic carboxylic acids is 1. The molecule has 4 nitrogen and oxygen atoms in total. The molecule has 4 heteroatoms. The summed E-state index contributed by atoms with van der Waals surface area (Å²) in [6.07, 6.45) is 6.88. The van der Waals surface area contributed by atoms with Gasteiger partial charge in [-0.3, -0.25) is 0 Å². The zero-order valence-corrected chi connectivity index (χ0v) is 9.18. The van der Waals surface area contributed by atoms with Gasteiger partial charge in [0.05, 0.1) is 11.3 Å². The molecule has 1 N–H and O–H groups in total. The summed E-state index contributed by atoms with van der Waals surface area (Å²) in [6.45, 7) is 2.14. The number of carboxylic acid groups (broad SMARTS) is 1. The highest BCUT2D eigenvalue weighted by atomic mass is 16.4. The topological polar surface area (TPSA) is 54.6 Å². The highest BCUT2D eigenvalue weighted by Gasteiger charge is 2.06. The minimum absolute atomic E-state index is 0.278. The van der Waals surface area contributed by atoms with Gasteiger partial charge in [-0.2, -0.15) is 0 Å². The van der Waals surface area contributed by atoms with Gasteiger partial charge >= 0.3 is 5.97 Å². The van der Waals surface area contributed by atoms with Crippen molar-refractivity contribution in [1.82, 2.24) is 9.38 Å². The zero-order chi connectivity index (χ0) is 11.5. The predicted molar refractivity (Wildman–Crippen MR) is 60.8 cm³/mol. The van der Waals surface area contributed by atoms with Crippen molar-refractivity contribution in [2.24, 2.45) is 0 Å². The van der Waals surface area contributed by atoms with Crippen molar-refractivity contribution in [3.05, 3.63) is 35.8 Å². The lowest BCUT2D eigenvalue weighted by Crippen LogP contribution is -1.96. The average molecular weight is 218 g/mol. The van der Waals surface area contributed by atoms with E-state index in [9.17, 15) is 4.79 Å². The first-order valence-corrected chi connectivity index (χ1v) is 5.41. The molecule has 0 atom stereocenters. The first-order chi connectivity index (χ1) is 7.70. The van der Waals surface area contributed by atoms with Crippen molar-refractivity contribution in [1.29, 1.82) is 0 Å². The molecule has 0 amide bonds. The fraction of sp³-hybridized carbons (Fsp3) is 0.333. The molecule has 0 saturated heterocycles. The molecule has 2 rings (SSSR count). The SMILES string of the molecule is CCCCc1cn2ccc(C(=O)O)cc2n1. The summed E-state index contributed by atoms with van der Waals surface area (Å²) in [7, 11) is 0. The van der Waals surface area contributed by atoms with Crippen LogP contribution < -0.4 is 0 Å². The summed E-state index contributed by atoms with van der Waals surface area (Å²) in [6, 6.07) is 3.18. The van der Waals surface area contributed by atoms with E-state index in [1.807, 2.05) is 10.6 Å². The summed E-state index contributed by atoms with van der Waals surface area (Å²) in [5.74, 6) is -0.916. The average Bonchev–Trinajstić information content (AvgIpc) is 2.67. The molecule has 0 radical (unpaired) electrons. The lowest BCUT2D eigenvalue weighted by atomic mass is 10.2. The van der Waals surface area contributed by atoms with Gasteiger partial charge in [0.15, 0.2) is 0 Å². The maximum Gasteiger partial charge on any atom is 0.335 e. The number of pyridine rings is 1. The van der Waals surface area contributed by atoms with Crippen molar-refractivity contribution >= 4 is 11.6 Å². The monoisotopic (exact) mass is 218 g/mol. The minimum Gasteiger partial charge on any atom is -0.478 e. The molecule has 2 heterocycles. The third kappa shape index (κ3) is 2.05. The third-order valence-corrected chi connectivity index (χ3v) is 2.54. The Morgan fingerprint density at radius 1 is 1.56 bits per heavy atom. The van der Waals surface area contributed by atoms with Gasteiger partial charge in [0, 0.05) is 12.4 Å². The number of rotatable bonds is 4. The molecule has 0 aliphatic heterocycles. The van der Waals surface area contributed by atoms with Gasteiger partial charge in [-0.05, 0) is 25.0 Å². The van der Waals surface area contributed by atoms with Crippen LogP contribution in [0.3, 0.4) is 0 Å². The molecule has 0 saturated carbocycles. The molecule has 0 aliphatic carbocycles. The van der Waals surface area contributed by atoms with Crippen LogP contribution in [0.1, 0.15) is 35.8 Å². The highest BCUT2D eigenvalue weighted by Crippen LogP contribution is 2.10. The normalized spacial score (nSPS) is 10.8. The van der Waals surface area contributed by atoms with Crippen molar-refractivity contribution in [2.75, 3.05) is 0 Å². The smallest absolute Gasteiger partial charge is 0.335 e. The molecule has 16 heavy (non-hydrogen) atoms. The van der Waals surface area contributed by atoms with Crippen molar-refractivity contribution < 1.29 is 9.90 Å². The van der Waals surface area contributed by atoms with E-state index in [1.165, 1.54) is 0 Å². The van der Waals surface area contributed by atoms with Crippen LogP contribution >= 0.6 is 0 Å². The molecule has 0 unspecified atom stereocenters. The van der Waals surface area contributed by atoms with E-state index < -0.39 is 5.97 Å². The van der Waals surface area contributed by atoms with E-state index >= 15 is 0 Å². The first kappa shape index (κ1) is 10.7. The van der Waals surface area contributed by atoms with Gasteiger partial charge in [0.2, 0.25) is 0 Å². The number of carboxylic acids is 1. The largest absolute Gasteiger partial charge is 0.478 e. The fourth-order valence-corrected chi connectivity index (χ4v) is 1.65. The number of carbonyl (C=O) groups is 1. The summed E-state index contributed by atoms with van der Waals surface area (Å²) in [4.78, 5) is 15.2. The second-order valence-electron chi connectivity index (χ2n) is 3.82. The van der Waals surface area contributed by atoms with Gasteiger partial charge in [-0.15, -0.1) is 0 Å². The van der Waals surface area contributed by atoms with E-state index in [0.717, 1.165) is 25.0 Å². The fourth-order valence-electron chi connectivity index (χ4n) is 1.65. The van der Waals surface area contributed by atoms with Gasteiger partial charge in [-0.1, -0.05) is 13.3 Å². The zero-order valence-electron chi connectivity index (χ0n) is 9.18. The predicted octanol–water partition coefficient (Wildman–Crippen LogP) is 2.38. The Hall–Kier alpha value is -1.84. The number of unbranched alkanes of at least 4 members (excludes halogenated alkanes) is 1. The van der Waals surface area contributed by atoms with Crippen molar-refractivity contribution in [3.8, 4) is 0 Å². The molecule has 2 aromatic heterocycles. The minimum atomic E-state index is -0.916. The quantitative estimate of drug-likeness (QED) is 0.857. The Balaban J connectivity index is 2.34. The van der Waals surface area contributed by atoms with Crippen LogP contribution in [-0.2, 0) is 6.42 Å². The number of imidazole rings is 1. The van der Waals surface area contributed by atoms with Gasteiger partial charge in [0.25, 0.3) is 0 Å².